The number of hydrogen-bond donors (Lipinski definition) is 0. The average Bonchev–Trinajstić information content (AvgIpc) is 2.49. The Morgan fingerprint density at radius 2 is 1.95 bits per heavy atom. The van der Waals surface area contributed by atoms with E-state index in [0.29, 0.717) is 0 Å². The number of hydrogen-bond acceptors (Lipinski definition) is 3. The van der Waals surface area contributed by atoms with Crippen LogP contribution in [0.5, 0.6) is 5.75 Å². The molecule has 108 valence electrons. The molecule has 1 aromatic rings. The lowest BCUT2D eigenvalue weighted by Gasteiger charge is -2.34. The summed E-state index contributed by atoms with van der Waals surface area (Å²) in [7, 11) is 1.70. The van der Waals surface area contributed by atoms with Gasteiger partial charge in [0.2, 0.25) is 0 Å². The monoisotopic (exact) mass is 272 g/mol. The van der Waals surface area contributed by atoms with Crippen LogP contribution < -0.4 is 4.74 Å². The van der Waals surface area contributed by atoms with Crippen LogP contribution in [0, 0.1) is 18.3 Å². The second-order valence-corrected chi connectivity index (χ2v) is 5.70. The summed E-state index contributed by atoms with van der Waals surface area (Å²) in [5.74, 6) is 1.05. The van der Waals surface area contributed by atoms with Crippen molar-refractivity contribution in [1.29, 1.82) is 5.26 Å². The molecule has 0 amide bonds. The first-order chi connectivity index (χ1) is 9.67. The van der Waals surface area contributed by atoms with E-state index in [9.17, 15) is 5.26 Å². The Hall–Kier alpha value is -1.53. The lowest BCUT2D eigenvalue weighted by molar-refractivity contribution is 0.178. The number of likely N-dealkylation sites (tertiary alicyclic amines) is 1. The van der Waals surface area contributed by atoms with E-state index in [1.165, 1.54) is 24.8 Å². The molecule has 3 nitrogen and oxygen atoms in total. The maximum atomic E-state index is 9.61. The van der Waals surface area contributed by atoms with Gasteiger partial charge in [-0.15, -0.1) is 0 Å². The van der Waals surface area contributed by atoms with Gasteiger partial charge in [-0.05, 0) is 44.5 Å². The molecule has 1 fully saturated rings. The minimum absolute atomic E-state index is 0.0639. The van der Waals surface area contributed by atoms with E-state index in [0.717, 1.165) is 24.4 Å². The van der Waals surface area contributed by atoms with Crippen molar-refractivity contribution in [3.8, 4) is 11.8 Å². The Balaban J connectivity index is 2.26. The summed E-state index contributed by atoms with van der Waals surface area (Å²) in [5.41, 5.74) is 2.35. The number of nitriles is 1. The minimum atomic E-state index is -0.0639. The molecule has 20 heavy (non-hydrogen) atoms. The third-order valence-electron chi connectivity index (χ3n) is 4.27. The van der Waals surface area contributed by atoms with Crippen molar-refractivity contribution in [2.45, 2.75) is 45.1 Å². The molecule has 2 unspecified atom stereocenters. The number of rotatable bonds is 4. The van der Waals surface area contributed by atoms with Gasteiger partial charge < -0.3 is 4.74 Å². The predicted molar refractivity (Wildman–Crippen MR) is 81.0 cm³/mol. The van der Waals surface area contributed by atoms with Crippen molar-refractivity contribution < 1.29 is 4.74 Å². The largest absolute Gasteiger partial charge is 0.496 e. The molecule has 1 aromatic carbocycles. The first kappa shape index (κ1) is 14.9. The number of nitrogens with zero attached hydrogens (tertiary/aromatic N) is 2. The fraction of sp³-hybridized carbons (Fsp3) is 0.588. The first-order valence-electron chi connectivity index (χ1n) is 7.45. The Morgan fingerprint density at radius 1 is 1.25 bits per heavy atom. The highest BCUT2D eigenvalue weighted by Crippen LogP contribution is 2.32. The molecular formula is C17H24N2O. The van der Waals surface area contributed by atoms with Crippen LogP contribution in [0.4, 0.5) is 0 Å². The van der Waals surface area contributed by atoms with E-state index in [4.69, 9.17) is 4.74 Å². The fourth-order valence-corrected chi connectivity index (χ4v) is 3.09. The van der Waals surface area contributed by atoms with Crippen molar-refractivity contribution in [3.05, 3.63) is 29.3 Å². The normalized spacial score (nSPS) is 19.1. The van der Waals surface area contributed by atoms with Crippen LogP contribution in [0.3, 0.4) is 0 Å². The van der Waals surface area contributed by atoms with Crippen molar-refractivity contribution in [2.75, 3.05) is 20.2 Å². The maximum absolute atomic E-state index is 9.61. The summed E-state index contributed by atoms with van der Waals surface area (Å²) in [6.45, 7) is 6.30. The average molecular weight is 272 g/mol. The summed E-state index contributed by atoms with van der Waals surface area (Å²) in [6.07, 6.45) is 3.70. The highest BCUT2D eigenvalue weighted by molar-refractivity contribution is 5.40. The number of benzene rings is 1. The van der Waals surface area contributed by atoms with E-state index >= 15 is 0 Å². The Morgan fingerprint density at radius 3 is 2.55 bits per heavy atom. The number of piperidine rings is 1. The van der Waals surface area contributed by atoms with Gasteiger partial charge in [-0.3, -0.25) is 4.90 Å². The number of aryl methyl sites for hydroxylation is 1. The lowest BCUT2D eigenvalue weighted by atomic mass is 9.90. The number of ether oxygens (including phenoxy) is 1. The van der Waals surface area contributed by atoms with Gasteiger partial charge in [0.25, 0.3) is 0 Å². The molecule has 1 aliphatic heterocycles. The van der Waals surface area contributed by atoms with Crippen LogP contribution in [0.15, 0.2) is 18.2 Å². The fourth-order valence-electron chi connectivity index (χ4n) is 3.09. The summed E-state index contributed by atoms with van der Waals surface area (Å²) in [6, 6.07) is 8.66. The lowest BCUT2D eigenvalue weighted by Crippen LogP contribution is -2.41. The van der Waals surface area contributed by atoms with Gasteiger partial charge in [0, 0.05) is 5.92 Å². The zero-order valence-electron chi connectivity index (χ0n) is 12.7. The second-order valence-electron chi connectivity index (χ2n) is 5.70. The topological polar surface area (TPSA) is 36.3 Å². The summed E-state index contributed by atoms with van der Waals surface area (Å²) in [4.78, 5) is 2.33. The summed E-state index contributed by atoms with van der Waals surface area (Å²) >= 11 is 0. The molecule has 0 aliphatic carbocycles. The predicted octanol–water partition coefficient (Wildman–Crippen LogP) is 3.49. The third kappa shape index (κ3) is 3.13. The second kappa shape index (κ2) is 6.76. The van der Waals surface area contributed by atoms with Gasteiger partial charge in [0.05, 0.1) is 13.2 Å². The molecule has 0 N–H and O–H groups in total. The van der Waals surface area contributed by atoms with Gasteiger partial charge in [-0.1, -0.05) is 31.0 Å². The molecule has 2 atom stereocenters. The highest BCUT2D eigenvalue weighted by atomic mass is 16.5. The first-order valence-corrected chi connectivity index (χ1v) is 7.45. The van der Waals surface area contributed by atoms with Gasteiger partial charge in [-0.25, -0.2) is 0 Å². The standard InChI is InChI=1S/C17H24N2O/c1-13-7-8-17(20-3)15(11-13)14(2)16(12-18)19-9-5-4-6-10-19/h7-8,11,14,16H,4-6,9-10H2,1-3H3. The molecule has 1 saturated heterocycles. The van der Waals surface area contributed by atoms with Gasteiger partial charge in [0.15, 0.2) is 0 Å². The minimum Gasteiger partial charge on any atom is -0.496 e. The molecule has 0 bridgehead atoms. The van der Waals surface area contributed by atoms with Crippen LogP contribution in [-0.4, -0.2) is 31.1 Å². The van der Waals surface area contributed by atoms with Crippen molar-refractivity contribution in [2.24, 2.45) is 0 Å². The van der Waals surface area contributed by atoms with Gasteiger partial charge in [0.1, 0.15) is 11.8 Å². The quantitative estimate of drug-likeness (QED) is 0.842. The van der Waals surface area contributed by atoms with Crippen LogP contribution in [-0.2, 0) is 0 Å². The summed E-state index contributed by atoms with van der Waals surface area (Å²) in [5, 5.41) is 9.61. The molecule has 0 aromatic heterocycles. The smallest absolute Gasteiger partial charge is 0.122 e. The van der Waals surface area contributed by atoms with E-state index < -0.39 is 0 Å². The van der Waals surface area contributed by atoms with Gasteiger partial charge in [-0.2, -0.15) is 5.26 Å². The Labute approximate surface area is 122 Å². The van der Waals surface area contributed by atoms with Crippen LogP contribution in [0.2, 0.25) is 0 Å². The number of methoxy groups -OCH3 is 1. The summed E-state index contributed by atoms with van der Waals surface area (Å²) < 4.78 is 5.48. The highest BCUT2D eigenvalue weighted by Gasteiger charge is 2.28. The van der Waals surface area contributed by atoms with Crippen LogP contribution in [0.25, 0.3) is 0 Å². The molecule has 0 radical (unpaired) electrons. The van der Waals surface area contributed by atoms with Gasteiger partial charge >= 0.3 is 0 Å². The molecule has 2 rings (SSSR count). The zero-order valence-corrected chi connectivity index (χ0v) is 12.7. The molecule has 0 saturated carbocycles. The van der Waals surface area contributed by atoms with Crippen molar-refractivity contribution >= 4 is 0 Å². The molecule has 0 spiro atoms. The van der Waals surface area contributed by atoms with Crippen molar-refractivity contribution in [3.63, 3.8) is 0 Å². The Kier molecular flexibility index (Phi) is 5.03. The van der Waals surface area contributed by atoms with E-state index in [1.807, 2.05) is 6.07 Å². The zero-order chi connectivity index (χ0) is 14.5. The molecule has 1 aliphatic rings. The maximum Gasteiger partial charge on any atom is 0.122 e. The molecule has 1 heterocycles. The Bertz CT molecular complexity index is 486. The molecule has 3 heteroatoms. The van der Waals surface area contributed by atoms with E-state index in [1.54, 1.807) is 7.11 Å². The third-order valence-corrected chi connectivity index (χ3v) is 4.27. The van der Waals surface area contributed by atoms with Crippen LogP contribution >= 0.6 is 0 Å². The van der Waals surface area contributed by atoms with E-state index in [2.05, 4.69) is 36.9 Å². The SMILES string of the molecule is COc1ccc(C)cc1C(C)C(C#N)N1CCCCC1. The van der Waals surface area contributed by atoms with Crippen LogP contribution in [0.1, 0.15) is 43.2 Å². The molecular weight excluding hydrogens is 248 g/mol. The van der Waals surface area contributed by atoms with Crippen molar-refractivity contribution in [1.82, 2.24) is 4.90 Å². The van der Waals surface area contributed by atoms with E-state index in [-0.39, 0.29) is 12.0 Å².